The topological polar surface area (TPSA) is 21.3 Å². The van der Waals surface area contributed by atoms with Crippen molar-refractivity contribution in [3.05, 3.63) is 29.3 Å². The van der Waals surface area contributed by atoms with Gasteiger partial charge in [0, 0.05) is 13.0 Å². The molecule has 2 aliphatic heterocycles. The van der Waals surface area contributed by atoms with Crippen LogP contribution in [0.1, 0.15) is 30.4 Å². The fraction of sp³-hybridized carbons (Fsp3) is 0.600. The molecule has 0 spiro atoms. The molecule has 1 aromatic rings. The molecular formula is C15H20FNO. The van der Waals surface area contributed by atoms with E-state index in [-0.39, 0.29) is 0 Å². The number of ether oxygens (including phenoxy) is 1. The van der Waals surface area contributed by atoms with Crippen molar-refractivity contribution in [2.24, 2.45) is 0 Å². The molecule has 2 heterocycles. The Labute approximate surface area is 108 Å². The average molecular weight is 249 g/mol. The van der Waals surface area contributed by atoms with Crippen LogP contribution in [-0.4, -0.2) is 25.4 Å². The molecule has 0 aromatic heterocycles. The Morgan fingerprint density at radius 3 is 3.17 bits per heavy atom. The molecule has 18 heavy (non-hydrogen) atoms. The van der Waals surface area contributed by atoms with Gasteiger partial charge in [-0.3, -0.25) is 0 Å². The third-order valence-electron chi connectivity index (χ3n) is 4.04. The molecule has 98 valence electrons. The molecule has 1 fully saturated rings. The highest BCUT2D eigenvalue weighted by Gasteiger charge is 2.31. The zero-order valence-electron chi connectivity index (χ0n) is 10.7. The molecule has 2 aliphatic rings. The highest BCUT2D eigenvalue weighted by molar-refractivity contribution is 5.39. The minimum absolute atomic E-state index is 0.515. The zero-order chi connectivity index (χ0) is 12.4. The van der Waals surface area contributed by atoms with Crippen LogP contribution in [0.4, 0.5) is 4.39 Å². The second kappa shape index (κ2) is 4.88. The molecule has 1 N–H and O–H groups in total. The number of halogens is 1. The van der Waals surface area contributed by atoms with Crippen molar-refractivity contribution in [1.82, 2.24) is 5.32 Å². The number of piperidine rings is 1. The van der Waals surface area contributed by atoms with E-state index in [1.54, 1.807) is 0 Å². The molecule has 1 unspecified atom stereocenters. The van der Waals surface area contributed by atoms with E-state index in [9.17, 15) is 4.39 Å². The Balaban J connectivity index is 1.62. The Morgan fingerprint density at radius 1 is 1.39 bits per heavy atom. The van der Waals surface area contributed by atoms with Crippen molar-refractivity contribution in [2.75, 3.05) is 19.7 Å². The summed E-state index contributed by atoms with van der Waals surface area (Å²) in [5.41, 5.74) is 1.51. The second-order valence-electron chi connectivity index (χ2n) is 5.47. The van der Waals surface area contributed by atoms with E-state index in [0.717, 1.165) is 38.2 Å². The van der Waals surface area contributed by atoms with E-state index in [1.165, 1.54) is 11.1 Å². The van der Waals surface area contributed by atoms with E-state index < -0.39 is 5.67 Å². The highest BCUT2D eigenvalue weighted by Crippen LogP contribution is 2.29. The molecular weight excluding hydrogens is 229 g/mol. The number of alkyl halides is 1. The molecule has 0 radical (unpaired) electrons. The smallest absolute Gasteiger partial charge is 0.123 e. The Bertz CT molecular complexity index is 427. The van der Waals surface area contributed by atoms with Crippen LogP contribution in [0.3, 0.4) is 0 Å². The van der Waals surface area contributed by atoms with Crippen LogP contribution in [0.5, 0.6) is 5.75 Å². The van der Waals surface area contributed by atoms with Crippen LogP contribution in [-0.2, 0) is 12.8 Å². The van der Waals surface area contributed by atoms with Gasteiger partial charge in [0.15, 0.2) is 0 Å². The molecule has 1 saturated heterocycles. The maximum Gasteiger partial charge on any atom is 0.123 e. The lowest BCUT2D eigenvalue weighted by Gasteiger charge is -2.30. The quantitative estimate of drug-likeness (QED) is 0.889. The number of hydrogen-bond donors (Lipinski definition) is 1. The number of fused-ring (bicyclic) bond motifs is 1. The monoisotopic (exact) mass is 249 g/mol. The number of hydrogen-bond acceptors (Lipinski definition) is 2. The van der Waals surface area contributed by atoms with E-state index in [1.807, 2.05) is 6.07 Å². The summed E-state index contributed by atoms with van der Waals surface area (Å²) in [6.45, 7) is 2.26. The zero-order valence-corrected chi connectivity index (χ0v) is 10.7. The van der Waals surface area contributed by atoms with Crippen LogP contribution >= 0.6 is 0 Å². The van der Waals surface area contributed by atoms with E-state index >= 15 is 0 Å². The molecule has 0 bridgehead atoms. The van der Waals surface area contributed by atoms with Crippen LogP contribution in [0.15, 0.2) is 18.2 Å². The number of nitrogens with one attached hydrogen (secondary N) is 1. The molecule has 2 nitrogen and oxygen atoms in total. The summed E-state index contributed by atoms with van der Waals surface area (Å²) in [5.74, 6) is 1.01. The summed E-state index contributed by atoms with van der Waals surface area (Å²) in [4.78, 5) is 0. The van der Waals surface area contributed by atoms with Crippen molar-refractivity contribution in [1.29, 1.82) is 0 Å². The molecule has 0 aliphatic carbocycles. The summed E-state index contributed by atoms with van der Waals surface area (Å²) < 4.78 is 19.9. The van der Waals surface area contributed by atoms with Gasteiger partial charge < -0.3 is 10.1 Å². The maximum absolute atomic E-state index is 14.4. The molecule has 1 aromatic carbocycles. The van der Waals surface area contributed by atoms with Gasteiger partial charge in [-0.15, -0.1) is 0 Å². The SMILES string of the molecule is FC1(CCc2ccc3c(c2)CCO3)CCCNC1. The minimum atomic E-state index is -1.01. The summed E-state index contributed by atoms with van der Waals surface area (Å²) in [5, 5.41) is 3.16. The van der Waals surface area contributed by atoms with Crippen LogP contribution in [0, 0.1) is 0 Å². The van der Waals surface area contributed by atoms with E-state index in [2.05, 4.69) is 17.4 Å². The first-order valence-electron chi connectivity index (χ1n) is 6.89. The van der Waals surface area contributed by atoms with Crippen molar-refractivity contribution < 1.29 is 9.13 Å². The average Bonchev–Trinajstić information content (AvgIpc) is 2.85. The molecule has 3 rings (SSSR count). The number of benzene rings is 1. The molecule has 1 atom stereocenters. The largest absolute Gasteiger partial charge is 0.493 e. The van der Waals surface area contributed by atoms with Gasteiger partial charge in [-0.2, -0.15) is 0 Å². The van der Waals surface area contributed by atoms with Gasteiger partial charge in [0.1, 0.15) is 11.4 Å². The Morgan fingerprint density at radius 2 is 2.33 bits per heavy atom. The molecule has 0 saturated carbocycles. The first-order chi connectivity index (χ1) is 8.75. The van der Waals surface area contributed by atoms with Gasteiger partial charge in [-0.25, -0.2) is 4.39 Å². The maximum atomic E-state index is 14.4. The Hall–Kier alpha value is -1.09. The van der Waals surface area contributed by atoms with E-state index in [0.29, 0.717) is 19.4 Å². The molecule has 0 amide bonds. The first-order valence-corrected chi connectivity index (χ1v) is 6.89. The van der Waals surface area contributed by atoms with Crippen LogP contribution < -0.4 is 10.1 Å². The second-order valence-corrected chi connectivity index (χ2v) is 5.47. The first kappa shape index (κ1) is 12.0. The van der Waals surface area contributed by atoms with Gasteiger partial charge in [0.2, 0.25) is 0 Å². The summed E-state index contributed by atoms with van der Waals surface area (Å²) >= 11 is 0. The predicted molar refractivity (Wildman–Crippen MR) is 69.9 cm³/mol. The minimum Gasteiger partial charge on any atom is -0.493 e. The third-order valence-corrected chi connectivity index (χ3v) is 4.04. The van der Waals surface area contributed by atoms with Crippen molar-refractivity contribution >= 4 is 0 Å². The van der Waals surface area contributed by atoms with Crippen molar-refractivity contribution in [3.8, 4) is 5.75 Å². The van der Waals surface area contributed by atoms with Gasteiger partial charge in [0.05, 0.1) is 6.61 Å². The van der Waals surface area contributed by atoms with Crippen LogP contribution in [0.25, 0.3) is 0 Å². The fourth-order valence-corrected chi connectivity index (χ4v) is 2.91. The van der Waals surface area contributed by atoms with Gasteiger partial charge in [0.25, 0.3) is 0 Å². The van der Waals surface area contributed by atoms with Gasteiger partial charge in [-0.1, -0.05) is 12.1 Å². The summed E-state index contributed by atoms with van der Waals surface area (Å²) in [6, 6.07) is 6.29. The standard InChI is InChI=1S/C15H20FNO/c16-15(6-1-8-17-11-15)7-4-12-2-3-14-13(10-12)5-9-18-14/h2-3,10,17H,1,4-9,11H2. The predicted octanol–water partition coefficient (Wildman–Crippen LogP) is 2.65. The number of aryl methyl sites for hydroxylation is 1. The third kappa shape index (κ3) is 2.51. The van der Waals surface area contributed by atoms with Crippen molar-refractivity contribution in [3.63, 3.8) is 0 Å². The lowest BCUT2D eigenvalue weighted by atomic mass is 9.89. The summed E-state index contributed by atoms with van der Waals surface area (Å²) in [7, 11) is 0. The lowest BCUT2D eigenvalue weighted by molar-refractivity contribution is 0.111. The fourth-order valence-electron chi connectivity index (χ4n) is 2.91. The normalized spacial score (nSPS) is 26.7. The summed E-state index contributed by atoms with van der Waals surface area (Å²) in [6.07, 6.45) is 4.10. The van der Waals surface area contributed by atoms with E-state index in [4.69, 9.17) is 4.74 Å². The Kier molecular flexibility index (Phi) is 3.25. The lowest BCUT2D eigenvalue weighted by Crippen LogP contribution is -2.42. The molecule has 3 heteroatoms. The number of rotatable bonds is 3. The highest BCUT2D eigenvalue weighted by atomic mass is 19.1. The van der Waals surface area contributed by atoms with Crippen molar-refractivity contribution in [2.45, 2.75) is 37.8 Å². The van der Waals surface area contributed by atoms with Gasteiger partial charge in [-0.05, 0) is 49.4 Å². The van der Waals surface area contributed by atoms with Gasteiger partial charge >= 0.3 is 0 Å². The van der Waals surface area contributed by atoms with Crippen LogP contribution in [0.2, 0.25) is 0 Å².